The Hall–Kier alpha value is -0.460. The Morgan fingerprint density at radius 1 is 1.17 bits per heavy atom. The predicted octanol–water partition coefficient (Wildman–Crippen LogP) is 3.42. The van der Waals surface area contributed by atoms with Gasteiger partial charge in [-0.2, -0.15) is 0 Å². The third-order valence-corrected chi connectivity index (χ3v) is 2.08. The normalized spacial score (nSPS) is 11.8. The standard InChI is InChI=1S/C11H23N/c1-5-9-11(7-3)12(8-4)10-6-2/h9H,5-8,10H2,1-4H3. The van der Waals surface area contributed by atoms with E-state index in [0.29, 0.717) is 0 Å². The summed E-state index contributed by atoms with van der Waals surface area (Å²) in [7, 11) is 0. The van der Waals surface area contributed by atoms with E-state index < -0.39 is 0 Å². The van der Waals surface area contributed by atoms with Crippen LogP contribution in [0.4, 0.5) is 0 Å². The molecule has 0 aromatic carbocycles. The zero-order valence-corrected chi connectivity index (χ0v) is 9.06. The number of hydrogen-bond acceptors (Lipinski definition) is 1. The third kappa shape index (κ3) is 3.80. The molecule has 1 nitrogen and oxygen atoms in total. The van der Waals surface area contributed by atoms with E-state index in [-0.39, 0.29) is 0 Å². The highest BCUT2D eigenvalue weighted by Crippen LogP contribution is 2.09. The summed E-state index contributed by atoms with van der Waals surface area (Å²) in [4.78, 5) is 2.48. The van der Waals surface area contributed by atoms with Gasteiger partial charge in [-0.25, -0.2) is 0 Å². The highest BCUT2D eigenvalue weighted by Gasteiger charge is 2.02. The molecule has 0 radical (unpaired) electrons. The highest BCUT2D eigenvalue weighted by atomic mass is 15.1. The molecule has 1 heteroatoms. The molecule has 0 fully saturated rings. The molecule has 0 spiro atoms. The molecule has 0 aliphatic rings. The fourth-order valence-electron chi connectivity index (χ4n) is 1.51. The summed E-state index contributed by atoms with van der Waals surface area (Å²) in [5.74, 6) is 0. The lowest BCUT2D eigenvalue weighted by Crippen LogP contribution is -2.23. The van der Waals surface area contributed by atoms with Crippen LogP contribution in [-0.4, -0.2) is 18.0 Å². The summed E-state index contributed by atoms with van der Waals surface area (Å²) in [6.07, 6.45) is 5.92. The third-order valence-electron chi connectivity index (χ3n) is 2.08. The molecule has 0 heterocycles. The largest absolute Gasteiger partial charge is 0.375 e. The lowest BCUT2D eigenvalue weighted by atomic mass is 10.2. The van der Waals surface area contributed by atoms with Gasteiger partial charge < -0.3 is 4.90 Å². The van der Waals surface area contributed by atoms with E-state index in [9.17, 15) is 0 Å². The van der Waals surface area contributed by atoms with Crippen molar-refractivity contribution in [1.82, 2.24) is 4.90 Å². The van der Waals surface area contributed by atoms with Crippen molar-refractivity contribution in [2.75, 3.05) is 13.1 Å². The van der Waals surface area contributed by atoms with Crippen LogP contribution < -0.4 is 0 Å². The van der Waals surface area contributed by atoms with Gasteiger partial charge in [0.15, 0.2) is 0 Å². The monoisotopic (exact) mass is 169 g/mol. The average Bonchev–Trinajstić information content (AvgIpc) is 2.11. The van der Waals surface area contributed by atoms with Gasteiger partial charge >= 0.3 is 0 Å². The first kappa shape index (κ1) is 11.5. The minimum atomic E-state index is 1.15. The molecule has 0 N–H and O–H groups in total. The zero-order chi connectivity index (χ0) is 9.40. The SMILES string of the molecule is CCC=C(CC)N(CC)CCC. The summed E-state index contributed by atoms with van der Waals surface area (Å²) >= 11 is 0. The number of allylic oxidation sites excluding steroid dienone is 2. The van der Waals surface area contributed by atoms with Gasteiger partial charge in [-0.15, -0.1) is 0 Å². The zero-order valence-electron chi connectivity index (χ0n) is 9.06. The molecule has 0 saturated carbocycles. The number of nitrogens with zero attached hydrogens (tertiary/aromatic N) is 1. The van der Waals surface area contributed by atoms with Crippen LogP contribution in [0, 0.1) is 0 Å². The van der Waals surface area contributed by atoms with Crippen molar-refractivity contribution >= 4 is 0 Å². The Morgan fingerprint density at radius 3 is 2.17 bits per heavy atom. The minimum absolute atomic E-state index is 1.15. The van der Waals surface area contributed by atoms with Crippen LogP contribution in [0.2, 0.25) is 0 Å². The Morgan fingerprint density at radius 2 is 1.83 bits per heavy atom. The quantitative estimate of drug-likeness (QED) is 0.589. The maximum atomic E-state index is 2.48. The van der Waals surface area contributed by atoms with Crippen LogP contribution in [0.5, 0.6) is 0 Å². The first-order chi connectivity index (χ1) is 5.79. The Bertz CT molecular complexity index is 127. The van der Waals surface area contributed by atoms with Crippen molar-refractivity contribution in [3.8, 4) is 0 Å². The maximum absolute atomic E-state index is 2.48. The van der Waals surface area contributed by atoms with Crippen LogP contribution in [0.15, 0.2) is 11.8 Å². The van der Waals surface area contributed by atoms with E-state index in [1.165, 1.54) is 25.1 Å². The molecule has 0 saturated heterocycles. The first-order valence-electron chi connectivity index (χ1n) is 5.23. The summed E-state index contributed by atoms with van der Waals surface area (Å²) in [5, 5.41) is 0. The highest BCUT2D eigenvalue weighted by molar-refractivity contribution is 4.99. The smallest absolute Gasteiger partial charge is 0.0172 e. The molecule has 0 amide bonds. The van der Waals surface area contributed by atoms with Gasteiger partial charge in [0, 0.05) is 18.8 Å². The first-order valence-corrected chi connectivity index (χ1v) is 5.23. The molecular weight excluding hydrogens is 146 g/mol. The number of rotatable bonds is 6. The Labute approximate surface area is 77.5 Å². The lowest BCUT2D eigenvalue weighted by Gasteiger charge is -2.24. The molecule has 72 valence electrons. The Balaban J connectivity index is 4.12. The van der Waals surface area contributed by atoms with Gasteiger partial charge in [0.2, 0.25) is 0 Å². The van der Waals surface area contributed by atoms with Gasteiger partial charge in [-0.3, -0.25) is 0 Å². The van der Waals surface area contributed by atoms with E-state index in [2.05, 4.69) is 38.7 Å². The lowest BCUT2D eigenvalue weighted by molar-refractivity contribution is 0.351. The minimum Gasteiger partial charge on any atom is -0.375 e. The van der Waals surface area contributed by atoms with Gasteiger partial charge in [0.05, 0.1) is 0 Å². The van der Waals surface area contributed by atoms with Crippen LogP contribution >= 0.6 is 0 Å². The predicted molar refractivity (Wildman–Crippen MR) is 56.2 cm³/mol. The summed E-state index contributed by atoms with van der Waals surface area (Å²) < 4.78 is 0. The second-order valence-electron chi connectivity index (χ2n) is 3.04. The molecule has 0 rings (SSSR count). The van der Waals surface area contributed by atoms with Crippen molar-refractivity contribution in [3.63, 3.8) is 0 Å². The molecule has 0 unspecified atom stereocenters. The van der Waals surface area contributed by atoms with Crippen LogP contribution in [0.25, 0.3) is 0 Å². The van der Waals surface area contributed by atoms with E-state index >= 15 is 0 Å². The summed E-state index contributed by atoms with van der Waals surface area (Å²) in [5.41, 5.74) is 1.52. The van der Waals surface area contributed by atoms with Crippen molar-refractivity contribution in [2.24, 2.45) is 0 Å². The average molecular weight is 169 g/mol. The van der Waals surface area contributed by atoms with Gasteiger partial charge in [0.1, 0.15) is 0 Å². The van der Waals surface area contributed by atoms with Gasteiger partial charge in [0.25, 0.3) is 0 Å². The van der Waals surface area contributed by atoms with Gasteiger partial charge in [-0.05, 0) is 26.2 Å². The van der Waals surface area contributed by atoms with Crippen molar-refractivity contribution in [1.29, 1.82) is 0 Å². The maximum Gasteiger partial charge on any atom is 0.0172 e. The van der Waals surface area contributed by atoms with Crippen molar-refractivity contribution < 1.29 is 0 Å². The molecule has 0 bridgehead atoms. The fourth-order valence-corrected chi connectivity index (χ4v) is 1.51. The molecular formula is C11H23N. The van der Waals surface area contributed by atoms with E-state index in [1.807, 2.05) is 0 Å². The van der Waals surface area contributed by atoms with Crippen LogP contribution in [0.1, 0.15) is 47.0 Å². The molecule has 0 aromatic heterocycles. The molecule has 0 aromatic rings. The van der Waals surface area contributed by atoms with Crippen LogP contribution in [-0.2, 0) is 0 Å². The van der Waals surface area contributed by atoms with E-state index in [0.717, 1.165) is 13.0 Å². The summed E-state index contributed by atoms with van der Waals surface area (Å²) in [6, 6.07) is 0. The molecule has 0 aliphatic heterocycles. The van der Waals surface area contributed by atoms with Crippen molar-refractivity contribution in [3.05, 3.63) is 11.8 Å². The van der Waals surface area contributed by atoms with E-state index in [4.69, 9.17) is 0 Å². The second kappa shape index (κ2) is 7.20. The number of hydrogen-bond donors (Lipinski definition) is 0. The molecule has 0 aliphatic carbocycles. The second-order valence-corrected chi connectivity index (χ2v) is 3.04. The molecule has 0 atom stereocenters. The van der Waals surface area contributed by atoms with Crippen LogP contribution in [0.3, 0.4) is 0 Å². The summed E-state index contributed by atoms with van der Waals surface area (Å²) in [6.45, 7) is 11.3. The Kier molecular flexibility index (Phi) is 6.93. The van der Waals surface area contributed by atoms with Crippen molar-refractivity contribution in [2.45, 2.75) is 47.0 Å². The van der Waals surface area contributed by atoms with Gasteiger partial charge in [-0.1, -0.05) is 26.8 Å². The fraction of sp³-hybridized carbons (Fsp3) is 0.818. The topological polar surface area (TPSA) is 3.24 Å². The van der Waals surface area contributed by atoms with E-state index in [1.54, 1.807) is 0 Å². The molecule has 12 heavy (non-hydrogen) atoms.